The van der Waals surface area contributed by atoms with Crippen LogP contribution in [0.2, 0.25) is 0 Å². The second kappa shape index (κ2) is 6.52. The molecule has 1 atom stereocenters. The number of rotatable bonds is 6. The van der Waals surface area contributed by atoms with Crippen LogP contribution in [0.15, 0.2) is 60.7 Å². The van der Waals surface area contributed by atoms with Crippen molar-refractivity contribution >= 4 is 5.78 Å². The third kappa shape index (κ3) is 3.58. The van der Waals surface area contributed by atoms with Gasteiger partial charge in [-0.25, -0.2) is 0 Å². The standard InChI is InChI=1S/C18H19NO3/c1-18(2,19(21)22)13-16(14-9-5-3-6-10-14)17(20)15-11-7-4-8-12-15/h3-12,16H,13H2,1-2H3. The summed E-state index contributed by atoms with van der Waals surface area (Å²) in [5, 5.41) is 11.2. The van der Waals surface area contributed by atoms with Crippen molar-refractivity contribution in [3.8, 4) is 0 Å². The van der Waals surface area contributed by atoms with E-state index in [2.05, 4.69) is 0 Å². The van der Waals surface area contributed by atoms with Gasteiger partial charge in [0.25, 0.3) is 0 Å². The third-order valence-electron chi connectivity index (χ3n) is 3.77. The highest BCUT2D eigenvalue weighted by Gasteiger charge is 2.37. The van der Waals surface area contributed by atoms with Gasteiger partial charge >= 0.3 is 0 Å². The molecular formula is C18H19NO3. The van der Waals surface area contributed by atoms with Gasteiger partial charge in [-0.05, 0) is 5.56 Å². The maximum absolute atomic E-state index is 12.8. The Balaban J connectivity index is 2.38. The van der Waals surface area contributed by atoms with E-state index in [-0.39, 0.29) is 17.1 Å². The van der Waals surface area contributed by atoms with Gasteiger partial charge < -0.3 is 0 Å². The van der Waals surface area contributed by atoms with E-state index in [0.29, 0.717) is 5.56 Å². The lowest BCUT2D eigenvalue weighted by molar-refractivity contribution is -0.561. The van der Waals surface area contributed by atoms with Crippen molar-refractivity contribution in [2.45, 2.75) is 31.7 Å². The van der Waals surface area contributed by atoms with Crippen LogP contribution < -0.4 is 0 Å². The number of ketones is 1. The molecule has 2 rings (SSSR count). The Morgan fingerprint density at radius 1 is 1.05 bits per heavy atom. The van der Waals surface area contributed by atoms with Crippen molar-refractivity contribution in [2.75, 3.05) is 0 Å². The first kappa shape index (κ1) is 15.9. The molecule has 2 aromatic carbocycles. The van der Waals surface area contributed by atoms with E-state index in [9.17, 15) is 14.9 Å². The summed E-state index contributed by atoms with van der Waals surface area (Å²) in [4.78, 5) is 23.7. The maximum Gasteiger partial charge on any atom is 0.217 e. The van der Waals surface area contributed by atoms with Crippen LogP contribution in [0.3, 0.4) is 0 Å². The molecule has 0 heterocycles. The molecule has 0 N–H and O–H groups in total. The van der Waals surface area contributed by atoms with Crippen LogP contribution in [0.5, 0.6) is 0 Å². The SMILES string of the molecule is CC(C)(CC(C(=O)c1ccccc1)c1ccccc1)[N+](=O)[O-]. The fraction of sp³-hybridized carbons (Fsp3) is 0.278. The molecule has 0 saturated carbocycles. The van der Waals surface area contributed by atoms with E-state index < -0.39 is 11.5 Å². The molecule has 0 aromatic heterocycles. The summed E-state index contributed by atoms with van der Waals surface area (Å²) < 4.78 is 0. The highest BCUT2D eigenvalue weighted by Crippen LogP contribution is 2.31. The van der Waals surface area contributed by atoms with Crippen LogP contribution in [0.25, 0.3) is 0 Å². The fourth-order valence-corrected chi connectivity index (χ4v) is 2.42. The van der Waals surface area contributed by atoms with Gasteiger partial charge in [0, 0.05) is 30.8 Å². The van der Waals surface area contributed by atoms with Gasteiger partial charge in [-0.15, -0.1) is 0 Å². The maximum atomic E-state index is 12.8. The molecule has 1 unspecified atom stereocenters. The number of carbonyl (C=O) groups excluding carboxylic acids is 1. The first-order valence-electron chi connectivity index (χ1n) is 7.20. The van der Waals surface area contributed by atoms with Crippen LogP contribution in [-0.4, -0.2) is 16.2 Å². The van der Waals surface area contributed by atoms with Crippen molar-refractivity contribution in [2.24, 2.45) is 0 Å². The van der Waals surface area contributed by atoms with Crippen molar-refractivity contribution in [1.29, 1.82) is 0 Å². The minimum Gasteiger partial charge on any atom is -0.293 e. The zero-order chi connectivity index (χ0) is 16.2. The van der Waals surface area contributed by atoms with E-state index in [0.717, 1.165) is 5.56 Å². The zero-order valence-corrected chi connectivity index (χ0v) is 12.7. The van der Waals surface area contributed by atoms with Crippen LogP contribution in [0.4, 0.5) is 0 Å². The molecule has 4 heteroatoms. The van der Waals surface area contributed by atoms with Crippen LogP contribution in [0.1, 0.15) is 42.1 Å². The van der Waals surface area contributed by atoms with Gasteiger partial charge in [0.2, 0.25) is 5.54 Å². The molecule has 4 nitrogen and oxygen atoms in total. The molecule has 0 aliphatic carbocycles. The van der Waals surface area contributed by atoms with Gasteiger partial charge in [-0.3, -0.25) is 14.9 Å². The molecule has 0 aliphatic rings. The average molecular weight is 297 g/mol. The third-order valence-corrected chi connectivity index (χ3v) is 3.77. The molecule has 114 valence electrons. The molecule has 0 fully saturated rings. The Labute approximate surface area is 129 Å². The highest BCUT2D eigenvalue weighted by molar-refractivity contribution is 6.01. The smallest absolute Gasteiger partial charge is 0.217 e. The molecule has 0 aliphatic heterocycles. The van der Waals surface area contributed by atoms with Gasteiger partial charge in [0.15, 0.2) is 5.78 Å². The molecule has 2 aromatic rings. The Bertz CT molecular complexity index is 651. The van der Waals surface area contributed by atoms with Gasteiger partial charge in [0.05, 0.1) is 5.92 Å². The summed E-state index contributed by atoms with van der Waals surface area (Å²) in [6, 6.07) is 18.2. The first-order valence-corrected chi connectivity index (χ1v) is 7.20. The summed E-state index contributed by atoms with van der Waals surface area (Å²) in [6.45, 7) is 3.11. The lowest BCUT2D eigenvalue weighted by Crippen LogP contribution is -2.34. The summed E-state index contributed by atoms with van der Waals surface area (Å²) in [7, 11) is 0. The van der Waals surface area contributed by atoms with Crippen molar-refractivity contribution in [3.63, 3.8) is 0 Å². The average Bonchev–Trinajstić information content (AvgIpc) is 2.53. The lowest BCUT2D eigenvalue weighted by Gasteiger charge is -2.23. The Morgan fingerprint density at radius 2 is 1.55 bits per heavy atom. The van der Waals surface area contributed by atoms with Gasteiger partial charge in [-0.2, -0.15) is 0 Å². The van der Waals surface area contributed by atoms with Crippen LogP contribution >= 0.6 is 0 Å². The Hall–Kier alpha value is -2.49. The molecule has 0 radical (unpaired) electrons. The zero-order valence-electron chi connectivity index (χ0n) is 12.7. The molecule has 22 heavy (non-hydrogen) atoms. The predicted molar refractivity (Wildman–Crippen MR) is 85.6 cm³/mol. The van der Waals surface area contributed by atoms with Crippen molar-refractivity contribution in [1.82, 2.24) is 0 Å². The minimum absolute atomic E-state index is 0.0817. The summed E-state index contributed by atoms with van der Waals surface area (Å²) >= 11 is 0. The number of hydrogen-bond donors (Lipinski definition) is 0. The van der Waals surface area contributed by atoms with E-state index in [1.165, 1.54) is 0 Å². The van der Waals surface area contributed by atoms with Crippen LogP contribution in [-0.2, 0) is 0 Å². The van der Waals surface area contributed by atoms with E-state index in [1.54, 1.807) is 38.1 Å². The van der Waals surface area contributed by atoms with E-state index >= 15 is 0 Å². The molecule has 0 spiro atoms. The van der Waals surface area contributed by atoms with Gasteiger partial charge in [0.1, 0.15) is 0 Å². The minimum atomic E-state index is -1.16. The normalized spacial score (nSPS) is 12.6. The number of Topliss-reactive ketones (excluding diaryl/α,β-unsaturated/α-hetero) is 1. The second-order valence-electron chi connectivity index (χ2n) is 5.97. The highest BCUT2D eigenvalue weighted by atomic mass is 16.6. The number of benzene rings is 2. The van der Waals surface area contributed by atoms with Crippen molar-refractivity contribution in [3.05, 3.63) is 81.9 Å². The number of carbonyl (C=O) groups is 1. The second-order valence-corrected chi connectivity index (χ2v) is 5.97. The topological polar surface area (TPSA) is 60.2 Å². The summed E-state index contributed by atoms with van der Waals surface area (Å²) in [6.07, 6.45) is 0.164. The number of nitro groups is 1. The van der Waals surface area contributed by atoms with Gasteiger partial charge in [-0.1, -0.05) is 60.7 Å². The Kier molecular flexibility index (Phi) is 4.71. The largest absolute Gasteiger partial charge is 0.293 e. The summed E-state index contributed by atoms with van der Waals surface area (Å²) in [5.74, 6) is -0.606. The monoisotopic (exact) mass is 297 g/mol. The lowest BCUT2D eigenvalue weighted by atomic mass is 9.81. The molecule has 0 saturated heterocycles. The predicted octanol–water partition coefficient (Wildman–Crippen LogP) is 4.10. The van der Waals surface area contributed by atoms with E-state index in [1.807, 2.05) is 36.4 Å². The first-order chi connectivity index (χ1) is 10.4. The van der Waals surface area contributed by atoms with E-state index in [4.69, 9.17) is 0 Å². The van der Waals surface area contributed by atoms with Crippen LogP contribution in [0, 0.1) is 10.1 Å². The molecule has 0 amide bonds. The number of nitrogens with zero attached hydrogens (tertiary/aromatic N) is 1. The molecule has 0 bridgehead atoms. The fourth-order valence-electron chi connectivity index (χ4n) is 2.42. The quantitative estimate of drug-likeness (QED) is 0.458. The summed E-state index contributed by atoms with van der Waals surface area (Å²) in [5.41, 5.74) is 0.229. The number of hydrogen-bond acceptors (Lipinski definition) is 3. The van der Waals surface area contributed by atoms with Crippen molar-refractivity contribution < 1.29 is 9.72 Å². The Morgan fingerprint density at radius 3 is 2.05 bits per heavy atom. The molecular weight excluding hydrogens is 278 g/mol.